The van der Waals surface area contributed by atoms with E-state index in [2.05, 4.69) is 20.8 Å². The molecule has 0 aliphatic heterocycles. The van der Waals surface area contributed by atoms with E-state index in [0.717, 1.165) is 38.5 Å². The quantitative estimate of drug-likeness (QED) is 0.805. The molecule has 0 heterocycles. The van der Waals surface area contributed by atoms with E-state index < -0.39 is 0 Å². The van der Waals surface area contributed by atoms with Gasteiger partial charge < -0.3 is 9.90 Å². The summed E-state index contributed by atoms with van der Waals surface area (Å²) in [5, 5.41) is 10.8. The lowest BCUT2D eigenvalue weighted by molar-refractivity contribution is -0.168. The van der Waals surface area contributed by atoms with Crippen LogP contribution in [0, 0.1) is 34.5 Å². The Bertz CT molecular complexity index is 487. The summed E-state index contributed by atoms with van der Waals surface area (Å²) in [4.78, 5) is 23.7. The molecule has 23 heavy (non-hydrogen) atoms. The van der Waals surface area contributed by atoms with Crippen molar-refractivity contribution in [1.29, 1.82) is 0 Å². The van der Waals surface area contributed by atoms with Crippen molar-refractivity contribution in [3.63, 3.8) is 0 Å². The average Bonchev–Trinajstić information content (AvgIpc) is 2.52. The highest BCUT2D eigenvalue weighted by molar-refractivity contribution is 5.79. The van der Waals surface area contributed by atoms with Crippen LogP contribution in [-0.2, 0) is 9.59 Å². The summed E-state index contributed by atoms with van der Waals surface area (Å²) in [5.41, 5.74) is -0.156. The van der Waals surface area contributed by atoms with E-state index >= 15 is 0 Å². The molecule has 130 valence electrons. The zero-order valence-corrected chi connectivity index (χ0v) is 14.9. The SMILES string of the molecule is CCCC1C2C[C@H](O)C3CC(=O)CC[C@]3(C)C2CC[C@]1(C)C=O. The molecule has 0 aromatic carbocycles. The molecule has 0 aromatic heterocycles. The Kier molecular flexibility index (Phi) is 4.46. The van der Waals surface area contributed by atoms with E-state index in [4.69, 9.17) is 0 Å². The number of ketones is 1. The zero-order valence-electron chi connectivity index (χ0n) is 14.9. The van der Waals surface area contributed by atoms with Crippen LogP contribution in [-0.4, -0.2) is 23.3 Å². The van der Waals surface area contributed by atoms with Crippen molar-refractivity contribution in [3.05, 3.63) is 0 Å². The maximum absolute atomic E-state index is 11.9. The molecule has 1 N–H and O–H groups in total. The Balaban J connectivity index is 1.94. The minimum absolute atomic E-state index is 0.0758. The molecule has 0 saturated heterocycles. The van der Waals surface area contributed by atoms with Gasteiger partial charge in [-0.25, -0.2) is 0 Å². The van der Waals surface area contributed by atoms with Gasteiger partial charge in [0.2, 0.25) is 0 Å². The van der Waals surface area contributed by atoms with Crippen LogP contribution in [0.4, 0.5) is 0 Å². The largest absolute Gasteiger partial charge is 0.393 e. The third-order valence-corrected chi connectivity index (χ3v) is 7.81. The number of carbonyl (C=O) groups excluding carboxylic acids is 2. The maximum atomic E-state index is 11.9. The summed E-state index contributed by atoms with van der Waals surface area (Å²) in [6.07, 6.45) is 7.96. The van der Waals surface area contributed by atoms with Crippen LogP contribution in [0.3, 0.4) is 0 Å². The molecular weight excluding hydrogens is 288 g/mol. The predicted octanol–water partition coefficient (Wildman–Crippen LogP) is 3.77. The highest BCUT2D eigenvalue weighted by atomic mass is 16.3. The Morgan fingerprint density at radius 2 is 2.00 bits per heavy atom. The van der Waals surface area contributed by atoms with E-state index in [0.29, 0.717) is 36.4 Å². The fourth-order valence-electron chi connectivity index (χ4n) is 6.44. The predicted molar refractivity (Wildman–Crippen MR) is 89.9 cm³/mol. The Hall–Kier alpha value is -0.700. The third kappa shape index (κ3) is 2.59. The first-order valence-electron chi connectivity index (χ1n) is 9.52. The van der Waals surface area contributed by atoms with Crippen molar-refractivity contribution in [3.8, 4) is 0 Å². The van der Waals surface area contributed by atoms with Gasteiger partial charge in [0.05, 0.1) is 6.10 Å². The van der Waals surface area contributed by atoms with Crippen molar-refractivity contribution in [2.75, 3.05) is 0 Å². The number of fused-ring (bicyclic) bond motifs is 3. The molecule has 3 aliphatic rings. The first-order valence-corrected chi connectivity index (χ1v) is 9.52. The van der Waals surface area contributed by atoms with Gasteiger partial charge in [-0.15, -0.1) is 0 Å². The lowest BCUT2D eigenvalue weighted by Crippen LogP contribution is -2.58. The van der Waals surface area contributed by atoms with Crippen LogP contribution in [0.15, 0.2) is 0 Å². The smallest absolute Gasteiger partial charge is 0.133 e. The molecule has 0 bridgehead atoms. The van der Waals surface area contributed by atoms with Gasteiger partial charge in [0, 0.05) is 18.3 Å². The molecule has 3 aliphatic carbocycles. The second kappa shape index (κ2) is 5.98. The molecule has 0 radical (unpaired) electrons. The fourth-order valence-corrected chi connectivity index (χ4v) is 6.44. The van der Waals surface area contributed by atoms with Gasteiger partial charge in [-0.2, -0.15) is 0 Å². The van der Waals surface area contributed by atoms with Gasteiger partial charge in [-0.1, -0.05) is 27.2 Å². The Morgan fingerprint density at radius 1 is 1.26 bits per heavy atom. The molecule has 0 amide bonds. The van der Waals surface area contributed by atoms with Crippen molar-refractivity contribution >= 4 is 12.1 Å². The van der Waals surface area contributed by atoms with E-state index in [-0.39, 0.29) is 22.9 Å². The van der Waals surface area contributed by atoms with Crippen molar-refractivity contribution in [2.45, 2.75) is 78.2 Å². The number of aliphatic hydroxyl groups excluding tert-OH is 1. The summed E-state index contributed by atoms with van der Waals surface area (Å²) in [6.45, 7) is 6.64. The van der Waals surface area contributed by atoms with Gasteiger partial charge >= 0.3 is 0 Å². The first kappa shape index (κ1) is 17.1. The summed E-state index contributed by atoms with van der Waals surface area (Å²) in [6, 6.07) is 0. The van der Waals surface area contributed by atoms with Crippen LogP contribution >= 0.6 is 0 Å². The molecule has 7 atom stereocenters. The highest BCUT2D eigenvalue weighted by Gasteiger charge is 2.59. The topological polar surface area (TPSA) is 54.4 Å². The summed E-state index contributed by atoms with van der Waals surface area (Å²) in [5.74, 6) is 1.84. The fraction of sp³-hybridized carbons (Fsp3) is 0.900. The molecule has 3 heteroatoms. The minimum Gasteiger partial charge on any atom is -0.393 e. The summed E-state index contributed by atoms with van der Waals surface area (Å²) < 4.78 is 0. The lowest BCUT2D eigenvalue weighted by Gasteiger charge is -2.61. The lowest BCUT2D eigenvalue weighted by atomic mass is 9.44. The molecule has 3 nitrogen and oxygen atoms in total. The molecular formula is C20H32O3. The molecule has 0 aromatic rings. The molecule has 3 saturated carbocycles. The number of rotatable bonds is 3. The van der Waals surface area contributed by atoms with Crippen molar-refractivity contribution in [1.82, 2.24) is 0 Å². The third-order valence-electron chi connectivity index (χ3n) is 7.81. The van der Waals surface area contributed by atoms with Crippen molar-refractivity contribution < 1.29 is 14.7 Å². The minimum atomic E-state index is -0.376. The number of Topliss-reactive ketones (excluding diaryl/α,β-unsaturated/α-hetero) is 1. The first-order chi connectivity index (χ1) is 10.9. The highest BCUT2D eigenvalue weighted by Crippen LogP contribution is 2.62. The molecule has 3 rings (SSSR count). The number of hydrogen-bond acceptors (Lipinski definition) is 3. The monoisotopic (exact) mass is 320 g/mol. The summed E-state index contributed by atoms with van der Waals surface area (Å²) >= 11 is 0. The van der Waals surface area contributed by atoms with Crippen LogP contribution in [0.1, 0.15) is 72.1 Å². The van der Waals surface area contributed by atoms with Crippen LogP contribution in [0.25, 0.3) is 0 Å². The Labute approximate surface area is 140 Å². The van der Waals surface area contributed by atoms with E-state index in [1.54, 1.807) is 0 Å². The number of carbonyl (C=O) groups is 2. The van der Waals surface area contributed by atoms with Gasteiger partial charge in [0.15, 0.2) is 0 Å². The maximum Gasteiger partial charge on any atom is 0.133 e. The van der Waals surface area contributed by atoms with Gasteiger partial charge in [-0.05, 0) is 61.2 Å². The second-order valence-electron chi connectivity index (χ2n) is 8.99. The normalized spacial score (nSPS) is 50.1. The van der Waals surface area contributed by atoms with E-state index in [1.165, 1.54) is 6.29 Å². The second-order valence-corrected chi connectivity index (χ2v) is 8.99. The van der Waals surface area contributed by atoms with Crippen LogP contribution in [0.5, 0.6) is 0 Å². The molecule has 0 spiro atoms. The van der Waals surface area contributed by atoms with Gasteiger partial charge in [0.1, 0.15) is 12.1 Å². The molecule has 4 unspecified atom stereocenters. The van der Waals surface area contributed by atoms with E-state index in [1.807, 2.05) is 0 Å². The van der Waals surface area contributed by atoms with Crippen molar-refractivity contribution in [2.24, 2.45) is 34.5 Å². The van der Waals surface area contributed by atoms with Crippen LogP contribution < -0.4 is 0 Å². The summed E-state index contributed by atoms with van der Waals surface area (Å²) in [7, 11) is 0. The van der Waals surface area contributed by atoms with Crippen LogP contribution in [0.2, 0.25) is 0 Å². The van der Waals surface area contributed by atoms with E-state index in [9.17, 15) is 14.7 Å². The average molecular weight is 320 g/mol. The van der Waals surface area contributed by atoms with Gasteiger partial charge in [-0.3, -0.25) is 4.79 Å². The number of aliphatic hydroxyl groups is 1. The Morgan fingerprint density at radius 3 is 2.65 bits per heavy atom. The number of aldehydes is 1. The standard InChI is InChI=1S/C20H32O3/c1-4-5-15-14-11-18(23)17-10-13(22)6-9-20(17,3)16(14)7-8-19(15,2)12-21/h12,14-18,23H,4-11H2,1-3H3/t14?,15?,16?,17?,18-,19+,20+/m0/s1. The van der Waals surface area contributed by atoms with Gasteiger partial charge in [0.25, 0.3) is 0 Å². The zero-order chi connectivity index (χ0) is 16.8. The number of hydrogen-bond donors (Lipinski definition) is 1. The molecule has 3 fully saturated rings.